The molecule has 5 nitrogen and oxygen atoms in total. The van der Waals surface area contributed by atoms with Gasteiger partial charge in [-0.3, -0.25) is 9.36 Å². The lowest BCUT2D eigenvalue weighted by Crippen LogP contribution is -2.23. The Labute approximate surface area is 201 Å². The highest BCUT2D eigenvalue weighted by molar-refractivity contribution is 8.00. The van der Waals surface area contributed by atoms with Gasteiger partial charge in [-0.15, -0.1) is 10.2 Å². The summed E-state index contributed by atoms with van der Waals surface area (Å²) in [5.74, 6) is 0.874. The minimum atomic E-state index is -0.286. The van der Waals surface area contributed by atoms with Crippen molar-refractivity contribution in [1.82, 2.24) is 14.8 Å². The van der Waals surface area contributed by atoms with Gasteiger partial charge in [-0.25, -0.2) is 0 Å². The van der Waals surface area contributed by atoms with Crippen molar-refractivity contribution in [3.8, 4) is 11.4 Å². The lowest BCUT2D eigenvalue weighted by Gasteiger charge is -2.20. The van der Waals surface area contributed by atoms with Crippen LogP contribution in [0.2, 0.25) is 0 Å². The number of thioether (sulfide) groups is 1. The SMILES string of the molecule is Cc1cccc(NC(=O)[C@H](C)Sc2nnc(-c3ccc(C(C)(C)C)cc3)n2C2CCCC2)c1. The van der Waals surface area contributed by atoms with E-state index in [-0.39, 0.29) is 16.6 Å². The zero-order valence-electron chi connectivity index (χ0n) is 20.3. The van der Waals surface area contributed by atoms with Gasteiger partial charge in [0.1, 0.15) is 0 Å². The van der Waals surface area contributed by atoms with Crippen LogP contribution in [0, 0.1) is 6.92 Å². The number of amides is 1. The quantitative estimate of drug-likeness (QED) is 0.410. The number of nitrogens with zero attached hydrogens (tertiary/aromatic N) is 3. The zero-order valence-corrected chi connectivity index (χ0v) is 21.1. The van der Waals surface area contributed by atoms with Crippen molar-refractivity contribution in [3.05, 3.63) is 59.7 Å². The van der Waals surface area contributed by atoms with E-state index in [9.17, 15) is 4.79 Å². The largest absolute Gasteiger partial charge is 0.325 e. The molecule has 0 radical (unpaired) electrons. The minimum Gasteiger partial charge on any atom is -0.325 e. The molecule has 1 atom stereocenters. The number of benzene rings is 2. The summed E-state index contributed by atoms with van der Waals surface area (Å²) in [4.78, 5) is 12.9. The number of hydrogen-bond acceptors (Lipinski definition) is 4. The molecule has 1 fully saturated rings. The first-order chi connectivity index (χ1) is 15.7. The van der Waals surface area contributed by atoms with Crippen molar-refractivity contribution in [3.63, 3.8) is 0 Å². The molecule has 0 unspecified atom stereocenters. The molecule has 1 aliphatic carbocycles. The van der Waals surface area contributed by atoms with Crippen LogP contribution >= 0.6 is 11.8 Å². The lowest BCUT2D eigenvalue weighted by atomic mass is 9.86. The fraction of sp³-hybridized carbons (Fsp3) is 0.444. The predicted octanol–water partition coefficient (Wildman–Crippen LogP) is 6.79. The summed E-state index contributed by atoms with van der Waals surface area (Å²) in [5.41, 5.74) is 4.43. The predicted molar refractivity (Wildman–Crippen MR) is 137 cm³/mol. The molecule has 0 spiro atoms. The standard InChI is InChI=1S/C27H34N4OS/c1-18-9-8-10-22(17-18)28-25(32)19(2)33-26-30-29-24(31(26)23-11-6-7-12-23)20-13-15-21(16-14-20)27(3,4)5/h8-10,13-17,19,23H,6-7,11-12H2,1-5H3,(H,28,32)/t19-/m0/s1. The van der Waals surface area contributed by atoms with Crippen LogP contribution in [0.1, 0.15) is 70.5 Å². The van der Waals surface area contributed by atoms with Crippen LogP contribution in [0.5, 0.6) is 0 Å². The van der Waals surface area contributed by atoms with E-state index < -0.39 is 0 Å². The average Bonchev–Trinajstić information content (AvgIpc) is 3.43. The van der Waals surface area contributed by atoms with Crippen molar-refractivity contribution >= 4 is 23.4 Å². The summed E-state index contributed by atoms with van der Waals surface area (Å²) in [6, 6.07) is 16.9. The van der Waals surface area contributed by atoms with Gasteiger partial charge in [-0.1, -0.05) is 81.8 Å². The zero-order chi connectivity index (χ0) is 23.6. The minimum absolute atomic E-state index is 0.0253. The van der Waals surface area contributed by atoms with Crippen molar-refractivity contribution in [2.75, 3.05) is 5.32 Å². The van der Waals surface area contributed by atoms with Crippen LogP contribution in [0.4, 0.5) is 5.69 Å². The monoisotopic (exact) mass is 462 g/mol. The Hall–Kier alpha value is -2.60. The fourth-order valence-corrected chi connectivity index (χ4v) is 5.26. The molecule has 1 heterocycles. The summed E-state index contributed by atoms with van der Waals surface area (Å²) in [7, 11) is 0. The van der Waals surface area contributed by atoms with Crippen molar-refractivity contribution in [2.24, 2.45) is 0 Å². The fourth-order valence-electron chi connectivity index (χ4n) is 4.34. The van der Waals surface area contributed by atoms with Gasteiger partial charge in [0.2, 0.25) is 5.91 Å². The second kappa shape index (κ2) is 9.72. The highest BCUT2D eigenvalue weighted by Crippen LogP contribution is 2.38. The maximum absolute atomic E-state index is 12.9. The molecule has 1 aliphatic rings. The summed E-state index contributed by atoms with van der Waals surface area (Å²) in [6.07, 6.45) is 4.70. The molecule has 1 N–H and O–H groups in total. The number of anilines is 1. The third kappa shape index (κ3) is 5.49. The van der Waals surface area contributed by atoms with Crippen LogP contribution < -0.4 is 5.32 Å². The van der Waals surface area contributed by atoms with Crippen LogP contribution in [0.15, 0.2) is 53.7 Å². The summed E-state index contributed by atoms with van der Waals surface area (Å²) >= 11 is 1.49. The van der Waals surface area contributed by atoms with Crippen molar-refractivity contribution in [2.45, 2.75) is 82.2 Å². The van der Waals surface area contributed by atoms with E-state index >= 15 is 0 Å². The highest BCUT2D eigenvalue weighted by Gasteiger charge is 2.27. The van der Waals surface area contributed by atoms with Crippen LogP contribution in [-0.2, 0) is 10.2 Å². The van der Waals surface area contributed by atoms with Crippen LogP contribution in [0.25, 0.3) is 11.4 Å². The second-order valence-corrected chi connectivity index (χ2v) is 11.4. The maximum Gasteiger partial charge on any atom is 0.237 e. The molecule has 1 saturated carbocycles. The van der Waals surface area contributed by atoms with Crippen LogP contribution in [0.3, 0.4) is 0 Å². The molecule has 0 saturated heterocycles. The van der Waals surface area contributed by atoms with Gasteiger partial charge in [-0.05, 0) is 55.4 Å². The summed E-state index contributed by atoms with van der Waals surface area (Å²) < 4.78 is 2.28. The van der Waals surface area contributed by atoms with Gasteiger partial charge in [0.25, 0.3) is 0 Å². The van der Waals surface area contributed by atoms with Crippen molar-refractivity contribution in [1.29, 1.82) is 0 Å². The average molecular weight is 463 g/mol. The molecule has 0 bridgehead atoms. The first-order valence-electron chi connectivity index (χ1n) is 11.8. The molecule has 33 heavy (non-hydrogen) atoms. The van der Waals surface area contributed by atoms with Gasteiger partial charge >= 0.3 is 0 Å². The topological polar surface area (TPSA) is 59.8 Å². The third-order valence-electron chi connectivity index (χ3n) is 6.30. The van der Waals surface area contributed by atoms with E-state index in [4.69, 9.17) is 0 Å². The second-order valence-electron chi connectivity index (χ2n) is 10.1. The van der Waals surface area contributed by atoms with E-state index in [2.05, 4.69) is 65.1 Å². The Balaban J connectivity index is 1.58. The first-order valence-corrected chi connectivity index (χ1v) is 12.7. The third-order valence-corrected chi connectivity index (χ3v) is 7.36. The maximum atomic E-state index is 12.9. The van der Waals surface area contributed by atoms with Gasteiger partial charge in [0, 0.05) is 17.3 Å². The Morgan fingerprint density at radius 1 is 1.09 bits per heavy atom. The molecule has 174 valence electrons. The Morgan fingerprint density at radius 3 is 2.42 bits per heavy atom. The van der Waals surface area contributed by atoms with Gasteiger partial charge in [0.15, 0.2) is 11.0 Å². The Kier molecular flexibility index (Phi) is 6.94. The van der Waals surface area contributed by atoms with E-state index in [1.54, 1.807) is 0 Å². The number of rotatable bonds is 6. The van der Waals surface area contributed by atoms with Gasteiger partial charge in [-0.2, -0.15) is 0 Å². The molecular weight excluding hydrogens is 428 g/mol. The lowest BCUT2D eigenvalue weighted by molar-refractivity contribution is -0.115. The number of nitrogens with one attached hydrogen (secondary N) is 1. The molecule has 4 rings (SSSR count). The number of carbonyl (C=O) groups is 1. The molecule has 6 heteroatoms. The normalized spacial score (nSPS) is 15.5. The Morgan fingerprint density at radius 2 is 1.79 bits per heavy atom. The van der Waals surface area contributed by atoms with E-state index in [1.165, 1.54) is 30.2 Å². The number of carbonyl (C=O) groups excluding carboxylic acids is 1. The molecule has 3 aromatic rings. The molecule has 0 aliphatic heterocycles. The van der Waals surface area contributed by atoms with E-state index in [0.29, 0.717) is 6.04 Å². The Bertz CT molecular complexity index is 1110. The summed E-state index contributed by atoms with van der Waals surface area (Å²) in [5, 5.41) is 12.7. The first kappa shape index (κ1) is 23.6. The number of aryl methyl sites for hydroxylation is 1. The van der Waals surface area contributed by atoms with E-state index in [1.807, 2.05) is 38.1 Å². The smallest absolute Gasteiger partial charge is 0.237 e. The molecule has 1 aromatic heterocycles. The van der Waals surface area contributed by atoms with Gasteiger partial charge < -0.3 is 5.32 Å². The molecule has 2 aromatic carbocycles. The molecular formula is C27H34N4OS. The van der Waals surface area contributed by atoms with Gasteiger partial charge in [0.05, 0.1) is 5.25 Å². The molecule has 1 amide bonds. The highest BCUT2D eigenvalue weighted by atomic mass is 32.2. The van der Waals surface area contributed by atoms with E-state index in [0.717, 1.165) is 40.6 Å². The number of hydrogen-bond donors (Lipinski definition) is 1. The van der Waals surface area contributed by atoms with Crippen molar-refractivity contribution < 1.29 is 4.79 Å². The van der Waals surface area contributed by atoms with Crippen LogP contribution in [-0.4, -0.2) is 25.9 Å². The number of aromatic nitrogens is 3. The summed E-state index contributed by atoms with van der Waals surface area (Å²) in [6.45, 7) is 10.6.